The first kappa shape index (κ1) is 40.1. The minimum atomic E-state index is -0.176. The summed E-state index contributed by atoms with van der Waals surface area (Å²) >= 11 is 0. The van der Waals surface area contributed by atoms with Crippen LogP contribution in [0.5, 0.6) is 0 Å². The molecule has 2 nitrogen and oxygen atoms in total. The summed E-state index contributed by atoms with van der Waals surface area (Å²) in [4.78, 5) is 2.42. The lowest BCUT2D eigenvalue weighted by Gasteiger charge is -2.28. The molecule has 13 rings (SSSR count). The molecule has 0 atom stereocenters. The highest BCUT2D eigenvalue weighted by molar-refractivity contribution is 6.09. The lowest BCUT2D eigenvalue weighted by molar-refractivity contribution is 0.660. The second-order valence-electron chi connectivity index (χ2n) is 19.7. The maximum Gasteiger partial charge on any atom is 0.143 e. The van der Waals surface area contributed by atoms with Crippen molar-refractivity contribution in [3.8, 4) is 66.8 Å². The molecule has 10 aromatic carbocycles. The first-order chi connectivity index (χ1) is 33.2. The molecule has 0 N–H and O–H groups in total. The number of para-hydroxylation sites is 2. The Morgan fingerprint density at radius 1 is 0.309 bits per heavy atom. The summed E-state index contributed by atoms with van der Waals surface area (Å²) in [5, 5.41) is 2.26. The molecule has 11 aromatic rings. The number of rotatable bonds is 7. The Labute approximate surface area is 398 Å². The van der Waals surface area contributed by atoms with E-state index < -0.39 is 0 Å². The molecule has 68 heavy (non-hydrogen) atoms. The molecule has 0 saturated carbocycles. The number of fused-ring (bicyclic) bond motifs is 9. The second-order valence-corrected chi connectivity index (χ2v) is 19.7. The van der Waals surface area contributed by atoms with Crippen molar-refractivity contribution in [1.82, 2.24) is 0 Å². The van der Waals surface area contributed by atoms with Crippen molar-refractivity contribution in [2.75, 3.05) is 4.90 Å². The third-order valence-electron chi connectivity index (χ3n) is 15.0. The fourth-order valence-corrected chi connectivity index (χ4v) is 11.7. The van der Waals surface area contributed by atoms with Crippen molar-refractivity contribution < 1.29 is 4.42 Å². The van der Waals surface area contributed by atoms with Crippen molar-refractivity contribution in [3.05, 3.63) is 247 Å². The molecule has 2 aliphatic carbocycles. The van der Waals surface area contributed by atoms with Crippen molar-refractivity contribution >= 4 is 39.0 Å². The van der Waals surface area contributed by atoms with E-state index >= 15 is 0 Å². The smallest absolute Gasteiger partial charge is 0.143 e. The van der Waals surface area contributed by atoms with Crippen LogP contribution in [0.4, 0.5) is 17.1 Å². The van der Waals surface area contributed by atoms with Gasteiger partial charge in [0.2, 0.25) is 0 Å². The Morgan fingerprint density at radius 3 is 1.71 bits per heavy atom. The van der Waals surface area contributed by atoms with Gasteiger partial charge in [-0.1, -0.05) is 191 Å². The van der Waals surface area contributed by atoms with Crippen LogP contribution >= 0.6 is 0 Å². The molecule has 2 heteroatoms. The fourth-order valence-electron chi connectivity index (χ4n) is 11.7. The van der Waals surface area contributed by atoms with Crippen LogP contribution in [0, 0.1) is 0 Å². The van der Waals surface area contributed by atoms with E-state index in [0.29, 0.717) is 0 Å². The van der Waals surface area contributed by atoms with Crippen LogP contribution in [0.1, 0.15) is 49.9 Å². The molecular weight excluding hydrogens is 823 g/mol. The molecule has 2 aliphatic rings. The third-order valence-corrected chi connectivity index (χ3v) is 15.0. The molecular formula is C66H49NO. The van der Waals surface area contributed by atoms with Crippen LogP contribution in [-0.4, -0.2) is 0 Å². The topological polar surface area (TPSA) is 16.4 Å². The highest BCUT2D eigenvalue weighted by Crippen LogP contribution is 2.55. The van der Waals surface area contributed by atoms with E-state index in [1.807, 2.05) is 6.07 Å². The fraction of sp³-hybridized carbons (Fsp3) is 0.0909. The van der Waals surface area contributed by atoms with Gasteiger partial charge in [0.25, 0.3) is 0 Å². The minimum Gasteiger partial charge on any atom is -0.455 e. The second kappa shape index (κ2) is 15.2. The molecule has 0 saturated heterocycles. The molecule has 324 valence electrons. The van der Waals surface area contributed by atoms with Crippen LogP contribution in [0.3, 0.4) is 0 Å². The van der Waals surface area contributed by atoms with E-state index in [4.69, 9.17) is 4.42 Å². The summed E-state index contributed by atoms with van der Waals surface area (Å²) < 4.78 is 6.56. The molecule has 0 bridgehead atoms. The molecule has 0 aliphatic heterocycles. The van der Waals surface area contributed by atoms with Crippen LogP contribution < -0.4 is 4.90 Å². The summed E-state index contributed by atoms with van der Waals surface area (Å²) in [5.41, 5.74) is 25.1. The molecule has 0 spiro atoms. The zero-order chi connectivity index (χ0) is 45.7. The predicted octanol–water partition coefficient (Wildman–Crippen LogP) is 18.3. The van der Waals surface area contributed by atoms with E-state index in [2.05, 4.69) is 251 Å². The van der Waals surface area contributed by atoms with Crippen molar-refractivity contribution in [2.45, 2.75) is 38.5 Å². The lowest BCUT2D eigenvalue weighted by atomic mass is 9.78. The van der Waals surface area contributed by atoms with E-state index in [-0.39, 0.29) is 10.8 Å². The standard InChI is InChI=1S/C66H49NO/c1-65(2)59-27-13-11-23-52(59)53-35-34-50(41-61(53)65)67(49-22-15-21-46(37-49)51-25-16-26-55-54-24-12-14-28-62(54)68-64(51)55)48-32-29-43(30-33-48)45-31-36-60-57(38-45)58-40-47(42-17-7-5-8-18-42)39-56(63(58)66(60,3)4)44-19-9-6-10-20-44/h5-41H,1-4H3. The van der Waals surface area contributed by atoms with Crippen LogP contribution in [0.15, 0.2) is 229 Å². The van der Waals surface area contributed by atoms with E-state index in [9.17, 15) is 0 Å². The molecule has 0 fully saturated rings. The van der Waals surface area contributed by atoms with Gasteiger partial charge in [0.05, 0.1) is 0 Å². The number of hydrogen-bond acceptors (Lipinski definition) is 2. The Kier molecular flexibility index (Phi) is 8.95. The van der Waals surface area contributed by atoms with E-state index in [1.54, 1.807) is 0 Å². The molecule has 1 heterocycles. The van der Waals surface area contributed by atoms with Gasteiger partial charge in [0, 0.05) is 44.2 Å². The summed E-state index contributed by atoms with van der Waals surface area (Å²) in [6.45, 7) is 9.49. The Hall–Kier alpha value is -8.20. The highest BCUT2D eigenvalue weighted by atomic mass is 16.3. The molecule has 0 radical (unpaired) electrons. The first-order valence-electron chi connectivity index (χ1n) is 23.8. The van der Waals surface area contributed by atoms with Gasteiger partial charge in [0.15, 0.2) is 0 Å². The molecule has 1 aromatic heterocycles. The Morgan fingerprint density at radius 2 is 0.882 bits per heavy atom. The SMILES string of the molecule is CC1(C)c2ccccc2-c2ccc(N(c3ccc(-c4ccc5c(c4)-c4cc(-c6ccccc6)cc(-c6ccccc6)c4C5(C)C)cc3)c3cccc(-c4cccc5c4oc4ccccc45)c3)cc21. The lowest BCUT2D eigenvalue weighted by Crippen LogP contribution is -2.16. The van der Waals surface area contributed by atoms with Crippen LogP contribution in [0.2, 0.25) is 0 Å². The van der Waals surface area contributed by atoms with Crippen LogP contribution in [0.25, 0.3) is 88.7 Å². The quantitative estimate of drug-likeness (QED) is 0.159. The molecule has 0 unspecified atom stereocenters. The maximum absolute atomic E-state index is 6.56. The predicted molar refractivity (Wildman–Crippen MR) is 285 cm³/mol. The van der Waals surface area contributed by atoms with Gasteiger partial charge in [-0.15, -0.1) is 0 Å². The number of furan rings is 1. The minimum absolute atomic E-state index is 0.138. The van der Waals surface area contributed by atoms with Gasteiger partial charge in [-0.3, -0.25) is 0 Å². The van der Waals surface area contributed by atoms with Gasteiger partial charge in [-0.25, -0.2) is 0 Å². The highest BCUT2D eigenvalue weighted by Gasteiger charge is 2.39. The van der Waals surface area contributed by atoms with Crippen molar-refractivity contribution in [1.29, 1.82) is 0 Å². The van der Waals surface area contributed by atoms with Crippen molar-refractivity contribution in [3.63, 3.8) is 0 Å². The zero-order valence-corrected chi connectivity index (χ0v) is 38.7. The Balaban J connectivity index is 0.935. The van der Waals surface area contributed by atoms with Gasteiger partial charge in [-0.05, 0) is 144 Å². The van der Waals surface area contributed by atoms with Gasteiger partial charge < -0.3 is 9.32 Å². The number of hydrogen-bond donors (Lipinski definition) is 0. The van der Waals surface area contributed by atoms with Crippen molar-refractivity contribution in [2.24, 2.45) is 0 Å². The molecule has 0 amide bonds. The zero-order valence-electron chi connectivity index (χ0n) is 38.7. The summed E-state index contributed by atoms with van der Waals surface area (Å²) in [6.07, 6.45) is 0. The average Bonchev–Trinajstić information content (AvgIpc) is 3.96. The van der Waals surface area contributed by atoms with Gasteiger partial charge in [0.1, 0.15) is 11.2 Å². The summed E-state index contributed by atoms with van der Waals surface area (Å²) in [7, 11) is 0. The maximum atomic E-state index is 6.56. The summed E-state index contributed by atoms with van der Waals surface area (Å²) in [5.74, 6) is 0. The number of benzene rings is 10. The first-order valence-corrected chi connectivity index (χ1v) is 23.8. The number of anilines is 3. The van der Waals surface area contributed by atoms with E-state index in [1.165, 1.54) is 77.9 Å². The van der Waals surface area contributed by atoms with Gasteiger partial charge >= 0.3 is 0 Å². The normalized spacial score (nSPS) is 13.8. The largest absolute Gasteiger partial charge is 0.455 e. The average molecular weight is 872 g/mol. The van der Waals surface area contributed by atoms with Crippen LogP contribution in [-0.2, 0) is 10.8 Å². The number of nitrogens with zero attached hydrogens (tertiary/aromatic N) is 1. The summed E-state index contributed by atoms with van der Waals surface area (Å²) in [6, 6.07) is 82.5. The Bertz CT molecular complexity index is 3780. The monoisotopic (exact) mass is 871 g/mol. The third kappa shape index (κ3) is 6.17. The van der Waals surface area contributed by atoms with E-state index in [0.717, 1.165) is 50.1 Å². The van der Waals surface area contributed by atoms with Gasteiger partial charge in [-0.2, -0.15) is 0 Å².